The molecule has 0 unspecified atom stereocenters. The third kappa shape index (κ3) is 4.89. The summed E-state index contributed by atoms with van der Waals surface area (Å²) < 4.78 is 37.7. The molecule has 7 nitrogen and oxygen atoms in total. The summed E-state index contributed by atoms with van der Waals surface area (Å²) in [6.07, 6.45) is 1.30. The van der Waals surface area contributed by atoms with E-state index in [4.69, 9.17) is 9.47 Å². The lowest BCUT2D eigenvalue weighted by atomic mass is 9.98. The van der Waals surface area contributed by atoms with Crippen molar-refractivity contribution in [1.29, 1.82) is 0 Å². The third-order valence-corrected chi connectivity index (χ3v) is 6.98. The molecule has 1 heterocycles. The van der Waals surface area contributed by atoms with Gasteiger partial charge in [-0.2, -0.15) is 4.31 Å². The molecule has 0 bridgehead atoms. The topological polar surface area (TPSA) is 84.9 Å². The van der Waals surface area contributed by atoms with Crippen LogP contribution in [-0.2, 0) is 21.4 Å². The Balaban J connectivity index is 1.65. The summed E-state index contributed by atoms with van der Waals surface area (Å²) >= 11 is 0. The molecule has 1 aliphatic rings. The molecular formula is C21H26N2O5S. The Labute approximate surface area is 171 Å². The predicted molar refractivity (Wildman–Crippen MR) is 109 cm³/mol. The number of amides is 1. The Hall–Kier alpha value is -2.58. The number of hydrogen-bond donors (Lipinski definition) is 1. The SMILES string of the molecule is COc1ccc(S(=O)(=O)N2CCC[C@H](C(=O)NCc3ccccc3OC)C2)cc1. The fourth-order valence-electron chi connectivity index (χ4n) is 3.45. The highest BCUT2D eigenvalue weighted by atomic mass is 32.2. The molecule has 0 spiro atoms. The molecule has 1 aliphatic heterocycles. The molecule has 156 valence electrons. The van der Waals surface area contributed by atoms with Crippen LogP contribution in [0.25, 0.3) is 0 Å². The molecular weight excluding hydrogens is 392 g/mol. The standard InChI is InChI=1S/C21H26N2O5S/c1-27-18-9-11-19(12-10-18)29(25,26)23-13-5-7-17(15-23)21(24)22-14-16-6-3-4-8-20(16)28-2/h3-4,6,8-12,17H,5,7,13-15H2,1-2H3,(H,22,24)/t17-/m0/s1. The van der Waals surface area contributed by atoms with Crippen molar-refractivity contribution in [3.05, 3.63) is 54.1 Å². The van der Waals surface area contributed by atoms with E-state index in [1.165, 1.54) is 23.5 Å². The van der Waals surface area contributed by atoms with Crippen molar-refractivity contribution in [3.8, 4) is 11.5 Å². The van der Waals surface area contributed by atoms with Gasteiger partial charge in [-0.15, -0.1) is 0 Å². The molecule has 0 saturated carbocycles. The Morgan fingerprint density at radius 2 is 1.83 bits per heavy atom. The molecule has 8 heteroatoms. The van der Waals surface area contributed by atoms with E-state index in [0.717, 1.165) is 5.56 Å². The van der Waals surface area contributed by atoms with E-state index in [1.807, 2.05) is 24.3 Å². The van der Waals surface area contributed by atoms with Gasteiger partial charge < -0.3 is 14.8 Å². The highest BCUT2D eigenvalue weighted by Crippen LogP contribution is 2.25. The molecule has 1 fully saturated rings. The number of piperidine rings is 1. The summed E-state index contributed by atoms with van der Waals surface area (Å²) in [4.78, 5) is 12.9. The van der Waals surface area contributed by atoms with Crippen LogP contribution >= 0.6 is 0 Å². The van der Waals surface area contributed by atoms with E-state index in [2.05, 4.69) is 5.32 Å². The summed E-state index contributed by atoms with van der Waals surface area (Å²) in [5, 5.41) is 2.91. The maximum Gasteiger partial charge on any atom is 0.243 e. The zero-order valence-corrected chi connectivity index (χ0v) is 17.4. The number of sulfonamides is 1. The maximum atomic E-state index is 13.0. The molecule has 1 atom stereocenters. The summed E-state index contributed by atoms with van der Waals surface area (Å²) in [5.74, 6) is 0.772. The van der Waals surface area contributed by atoms with E-state index >= 15 is 0 Å². The van der Waals surface area contributed by atoms with Gasteiger partial charge in [0.2, 0.25) is 15.9 Å². The van der Waals surface area contributed by atoms with Gasteiger partial charge in [-0.1, -0.05) is 18.2 Å². The number of nitrogens with one attached hydrogen (secondary N) is 1. The van der Waals surface area contributed by atoms with Crippen LogP contribution in [0.4, 0.5) is 0 Å². The fraction of sp³-hybridized carbons (Fsp3) is 0.381. The minimum Gasteiger partial charge on any atom is -0.497 e. The first-order valence-electron chi connectivity index (χ1n) is 9.49. The van der Waals surface area contributed by atoms with Crippen molar-refractivity contribution in [2.75, 3.05) is 27.3 Å². The van der Waals surface area contributed by atoms with Gasteiger partial charge in [0.1, 0.15) is 11.5 Å². The normalized spacial score (nSPS) is 17.5. The summed E-state index contributed by atoms with van der Waals surface area (Å²) in [6, 6.07) is 13.8. The number of nitrogens with zero attached hydrogens (tertiary/aromatic N) is 1. The van der Waals surface area contributed by atoms with Gasteiger partial charge in [0, 0.05) is 25.2 Å². The quantitative estimate of drug-likeness (QED) is 0.747. The van der Waals surface area contributed by atoms with Gasteiger partial charge in [-0.3, -0.25) is 4.79 Å². The van der Waals surface area contributed by atoms with Gasteiger partial charge >= 0.3 is 0 Å². The Morgan fingerprint density at radius 1 is 1.10 bits per heavy atom. The number of ether oxygens (including phenoxy) is 2. The third-order valence-electron chi connectivity index (χ3n) is 5.10. The molecule has 0 radical (unpaired) electrons. The lowest BCUT2D eigenvalue weighted by Crippen LogP contribution is -2.45. The van der Waals surface area contributed by atoms with Crippen molar-refractivity contribution in [1.82, 2.24) is 9.62 Å². The van der Waals surface area contributed by atoms with E-state index in [-0.39, 0.29) is 23.3 Å². The van der Waals surface area contributed by atoms with E-state index in [9.17, 15) is 13.2 Å². The van der Waals surface area contributed by atoms with Crippen molar-refractivity contribution < 1.29 is 22.7 Å². The van der Waals surface area contributed by atoms with Crippen LogP contribution in [0.15, 0.2) is 53.4 Å². The van der Waals surface area contributed by atoms with Crippen molar-refractivity contribution in [2.24, 2.45) is 5.92 Å². The predicted octanol–water partition coefficient (Wildman–Crippen LogP) is 2.42. The number of para-hydroxylation sites is 1. The molecule has 3 rings (SSSR count). The number of carbonyl (C=O) groups is 1. The molecule has 0 aromatic heterocycles. The Morgan fingerprint density at radius 3 is 2.52 bits per heavy atom. The van der Waals surface area contributed by atoms with Crippen LogP contribution in [-0.4, -0.2) is 45.9 Å². The first kappa shape index (κ1) is 21.1. The van der Waals surface area contributed by atoms with Gasteiger partial charge in [-0.05, 0) is 43.2 Å². The van der Waals surface area contributed by atoms with Crippen molar-refractivity contribution >= 4 is 15.9 Å². The average molecular weight is 419 g/mol. The molecule has 0 aliphatic carbocycles. The first-order valence-corrected chi connectivity index (χ1v) is 10.9. The zero-order chi connectivity index (χ0) is 20.9. The monoisotopic (exact) mass is 418 g/mol. The number of hydrogen-bond acceptors (Lipinski definition) is 5. The van der Waals surface area contributed by atoms with E-state index in [1.54, 1.807) is 19.2 Å². The molecule has 1 amide bonds. The summed E-state index contributed by atoms with van der Waals surface area (Å²) in [7, 11) is -0.536. The molecule has 2 aromatic rings. The van der Waals surface area contributed by atoms with Crippen LogP contribution in [0.2, 0.25) is 0 Å². The number of carbonyl (C=O) groups excluding carboxylic acids is 1. The van der Waals surface area contributed by atoms with Gasteiger partial charge in [0.25, 0.3) is 0 Å². The van der Waals surface area contributed by atoms with E-state index in [0.29, 0.717) is 37.4 Å². The van der Waals surface area contributed by atoms with Crippen LogP contribution in [0.5, 0.6) is 11.5 Å². The fourth-order valence-corrected chi connectivity index (χ4v) is 4.97. The first-order chi connectivity index (χ1) is 14.0. The smallest absolute Gasteiger partial charge is 0.243 e. The lowest BCUT2D eigenvalue weighted by Gasteiger charge is -2.31. The molecule has 29 heavy (non-hydrogen) atoms. The lowest BCUT2D eigenvalue weighted by molar-refractivity contribution is -0.126. The zero-order valence-electron chi connectivity index (χ0n) is 16.6. The summed E-state index contributed by atoms with van der Waals surface area (Å²) in [5.41, 5.74) is 0.877. The highest BCUT2D eigenvalue weighted by molar-refractivity contribution is 7.89. The van der Waals surface area contributed by atoms with Crippen LogP contribution in [0, 0.1) is 5.92 Å². The number of rotatable bonds is 7. The summed E-state index contributed by atoms with van der Waals surface area (Å²) in [6.45, 7) is 0.918. The van der Waals surface area contributed by atoms with Crippen LogP contribution < -0.4 is 14.8 Å². The van der Waals surface area contributed by atoms with Crippen LogP contribution in [0.1, 0.15) is 18.4 Å². The maximum absolute atomic E-state index is 13.0. The molecule has 2 aromatic carbocycles. The Bertz CT molecular complexity index is 944. The second-order valence-electron chi connectivity index (χ2n) is 6.91. The number of benzene rings is 2. The van der Waals surface area contributed by atoms with Crippen LogP contribution in [0.3, 0.4) is 0 Å². The van der Waals surface area contributed by atoms with E-state index < -0.39 is 10.0 Å². The van der Waals surface area contributed by atoms with Gasteiger partial charge in [0.15, 0.2) is 0 Å². The van der Waals surface area contributed by atoms with Gasteiger partial charge in [0.05, 0.1) is 25.0 Å². The van der Waals surface area contributed by atoms with Gasteiger partial charge in [-0.25, -0.2) is 8.42 Å². The minimum absolute atomic E-state index is 0.148. The second-order valence-corrected chi connectivity index (χ2v) is 8.85. The number of methoxy groups -OCH3 is 2. The second kappa shape index (κ2) is 9.28. The molecule has 1 saturated heterocycles. The average Bonchev–Trinajstić information content (AvgIpc) is 2.77. The highest BCUT2D eigenvalue weighted by Gasteiger charge is 2.33. The minimum atomic E-state index is -3.65. The molecule has 1 N–H and O–H groups in total. The van der Waals surface area contributed by atoms with Crippen molar-refractivity contribution in [2.45, 2.75) is 24.3 Å². The van der Waals surface area contributed by atoms with Crippen molar-refractivity contribution in [3.63, 3.8) is 0 Å². The largest absolute Gasteiger partial charge is 0.497 e. The Kier molecular flexibility index (Phi) is 6.76.